The van der Waals surface area contributed by atoms with Crippen LogP contribution in [0.15, 0.2) is 18.2 Å². The van der Waals surface area contributed by atoms with E-state index in [1.54, 1.807) is 7.11 Å². The maximum atomic E-state index is 8.81. The second-order valence-corrected chi connectivity index (χ2v) is 4.53. The number of hydrogen-bond acceptors (Lipinski definition) is 4. The Kier molecular flexibility index (Phi) is 7.30. The smallest absolute Gasteiger partial charge is 0.165 e. The van der Waals surface area contributed by atoms with Gasteiger partial charge >= 0.3 is 0 Å². The van der Waals surface area contributed by atoms with Crippen LogP contribution < -0.4 is 14.8 Å². The Labute approximate surface area is 115 Å². The maximum absolute atomic E-state index is 8.81. The van der Waals surface area contributed by atoms with Crippen molar-refractivity contribution in [2.24, 2.45) is 0 Å². The van der Waals surface area contributed by atoms with E-state index in [1.807, 2.05) is 25.1 Å². The number of aliphatic hydroxyl groups is 1. The molecular weight excluding hydrogens is 242 g/mol. The molecule has 1 rings (SSSR count). The zero-order valence-corrected chi connectivity index (χ0v) is 12.1. The van der Waals surface area contributed by atoms with Crippen LogP contribution in [-0.4, -0.2) is 31.5 Å². The zero-order valence-electron chi connectivity index (χ0n) is 12.1. The highest BCUT2D eigenvalue weighted by atomic mass is 16.5. The molecule has 1 aromatic carbocycles. The van der Waals surface area contributed by atoms with Gasteiger partial charge in [0.15, 0.2) is 11.5 Å². The Morgan fingerprint density at radius 3 is 2.79 bits per heavy atom. The minimum atomic E-state index is 0.245. The first-order valence-corrected chi connectivity index (χ1v) is 6.85. The highest BCUT2D eigenvalue weighted by Gasteiger charge is 2.10. The Balaban J connectivity index is 2.64. The molecule has 0 amide bonds. The van der Waals surface area contributed by atoms with Crippen LogP contribution in [0.1, 0.15) is 32.3 Å². The van der Waals surface area contributed by atoms with E-state index in [-0.39, 0.29) is 6.61 Å². The van der Waals surface area contributed by atoms with E-state index in [9.17, 15) is 0 Å². The van der Waals surface area contributed by atoms with Crippen LogP contribution in [0.5, 0.6) is 11.5 Å². The summed E-state index contributed by atoms with van der Waals surface area (Å²) in [5, 5.41) is 12.2. The fourth-order valence-electron chi connectivity index (χ4n) is 1.99. The van der Waals surface area contributed by atoms with Gasteiger partial charge in [-0.25, -0.2) is 0 Å². The molecule has 0 aromatic heterocycles. The quantitative estimate of drug-likeness (QED) is 0.721. The Bertz CT molecular complexity index is 368. The van der Waals surface area contributed by atoms with Gasteiger partial charge in [0.2, 0.25) is 0 Å². The molecular formula is C15H25NO3. The lowest BCUT2D eigenvalue weighted by Gasteiger charge is -2.17. The molecule has 1 aromatic rings. The van der Waals surface area contributed by atoms with Gasteiger partial charge in [0, 0.05) is 24.8 Å². The van der Waals surface area contributed by atoms with Crippen molar-refractivity contribution in [3.05, 3.63) is 23.8 Å². The first-order chi connectivity index (χ1) is 9.22. The average molecular weight is 267 g/mol. The predicted octanol–water partition coefficient (Wildman–Crippen LogP) is 2.34. The van der Waals surface area contributed by atoms with Gasteiger partial charge in [0.05, 0.1) is 13.7 Å². The van der Waals surface area contributed by atoms with E-state index in [1.165, 1.54) is 0 Å². The van der Waals surface area contributed by atoms with Crippen LogP contribution in [0.2, 0.25) is 0 Å². The molecule has 0 aliphatic rings. The van der Waals surface area contributed by atoms with Crippen LogP contribution in [0.4, 0.5) is 0 Å². The van der Waals surface area contributed by atoms with Crippen molar-refractivity contribution in [2.45, 2.75) is 39.3 Å². The molecule has 19 heavy (non-hydrogen) atoms. The molecule has 0 radical (unpaired) electrons. The molecule has 0 fully saturated rings. The van der Waals surface area contributed by atoms with Crippen molar-refractivity contribution in [1.82, 2.24) is 5.32 Å². The van der Waals surface area contributed by atoms with Crippen LogP contribution >= 0.6 is 0 Å². The fraction of sp³-hybridized carbons (Fsp3) is 0.600. The van der Waals surface area contributed by atoms with Crippen LogP contribution in [0.3, 0.4) is 0 Å². The van der Waals surface area contributed by atoms with Gasteiger partial charge in [0.25, 0.3) is 0 Å². The summed E-state index contributed by atoms with van der Waals surface area (Å²) in [6.45, 7) is 5.68. The first kappa shape index (κ1) is 15.8. The number of ether oxygens (including phenoxy) is 2. The summed E-state index contributed by atoms with van der Waals surface area (Å²) in [6.07, 6.45) is 1.79. The van der Waals surface area contributed by atoms with Crippen molar-refractivity contribution in [3.63, 3.8) is 0 Å². The number of nitrogens with one attached hydrogen (secondary N) is 1. The second-order valence-electron chi connectivity index (χ2n) is 4.53. The molecule has 1 atom stereocenters. The van der Waals surface area contributed by atoms with E-state index in [0.717, 1.165) is 36.4 Å². The Hall–Kier alpha value is -1.26. The SMILES string of the molecule is CCOc1cccc(CNC(C)CCCO)c1OC. The number of rotatable bonds is 9. The van der Waals surface area contributed by atoms with E-state index in [0.29, 0.717) is 12.6 Å². The molecule has 0 bridgehead atoms. The second kappa shape index (κ2) is 8.77. The first-order valence-electron chi connectivity index (χ1n) is 6.85. The summed E-state index contributed by atoms with van der Waals surface area (Å²) in [5.74, 6) is 1.58. The third kappa shape index (κ3) is 5.09. The third-order valence-electron chi connectivity index (χ3n) is 3.00. The molecule has 4 heteroatoms. The van der Waals surface area contributed by atoms with Crippen LogP contribution in [0.25, 0.3) is 0 Å². The molecule has 0 saturated heterocycles. The number of benzene rings is 1. The van der Waals surface area contributed by atoms with Crippen molar-refractivity contribution in [2.75, 3.05) is 20.3 Å². The Morgan fingerprint density at radius 2 is 2.16 bits per heavy atom. The van der Waals surface area contributed by atoms with E-state index < -0.39 is 0 Å². The highest BCUT2D eigenvalue weighted by molar-refractivity contribution is 5.46. The number of para-hydroxylation sites is 1. The number of aliphatic hydroxyl groups excluding tert-OH is 1. The molecule has 0 aliphatic heterocycles. The van der Waals surface area contributed by atoms with Gasteiger partial charge in [-0.15, -0.1) is 0 Å². The van der Waals surface area contributed by atoms with Gasteiger partial charge in [-0.1, -0.05) is 12.1 Å². The summed E-state index contributed by atoms with van der Waals surface area (Å²) in [5.41, 5.74) is 1.09. The minimum Gasteiger partial charge on any atom is -0.493 e. The molecule has 0 aliphatic carbocycles. The largest absolute Gasteiger partial charge is 0.493 e. The van der Waals surface area contributed by atoms with E-state index in [4.69, 9.17) is 14.6 Å². The molecule has 0 spiro atoms. The maximum Gasteiger partial charge on any atom is 0.165 e. The van der Waals surface area contributed by atoms with Gasteiger partial charge in [-0.05, 0) is 32.8 Å². The van der Waals surface area contributed by atoms with Crippen molar-refractivity contribution in [1.29, 1.82) is 0 Å². The van der Waals surface area contributed by atoms with Crippen LogP contribution in [-0.2, 0) is 6.54 Å². The Morgan fingerprint density at radius 1 is 1.37 bits per heavy atom. The summed E-state index contributed by atoms with van der Waals surface area (Å²) >= 11 is 0. The monoisotopic (exact) mass is 267 g/mol. The van der Waals surface area contributed by atoms with Gasteiger partial charge in [0.1, 0.15) is 0 Å². The third-order valence-corrected chi connectivity index (χ3v) is 3.00. The van der Waals surface area contributed by atoms with Crippen molar-refractivity contribution < 1.29 is 14.6 Å². The topological polar surface area (TPSA) is 50.7 Å². The van der Waals surface area contributed by atoms with Crippen LogP contribution in [0, 0.1) is 0 Å². The summed E-state index contributed by atoms with van der Waals surface area (Å²) < 4.78 is 11.0. The molecule has 1 unspecified atom stereocenters. The fourth-order valence-corrected chi connectivity index (χ4v) is 1.99. The standard InChI is InChI=1S/C15H25NO3/c1-4-19-14-9-5-8-13(15(14)18-3)11-16-12(2)7-6-10-17/h5,8-9,12,16-17H,4,6-7,10-11H2,1-3H3. The molecule has 2 N–H and O–H groups in total. The van der Waals surface area contributed by atoms with E-state index >= 15 is 0 Å². The van der Waals surface area contributed by atoms with E-state index in [2.05, 4.69) is 12.2 Å². The zero-order chi connectivity index (χ0) is 14.1. The lowest BCUT2D eigenvalue weighted by Crippen LogP contribution is -2.25. The number of methoxy groups -OCH3 is 1. The highest BCUT2D eigenvalue weighted by Crippen LogP contribution is 2.30. The normalized spacial score (nSPS) is 12.2. The van der Waals surface area contributed by atoms with Crippen molar-refractivity contribution in [3.8, 4) is 11.5 Å². The van der Waals surface area contributed by atoms with Gasteiger partial charge in [-0.2, -0.15) is 0 Å². The van der Waals surface area contributed by atoms with Gasteiger partial charge in [-0.3, -0.25) is 0 Å². The minimum absolute atomic E-state index is 0.245. The lowest BCUT2D eigenvalue weighted by molar-refractivity contribution is 0.276. The summed E-state index contributed by atoms with van der Waals surface area (Å²) in [7, 11) is 1.66. The average Bonchev–Trinajstić information content (AvgIpc) is 2.43. The summed E-state index contributed by atoms with van der Waals surface area (Å²) in [6, 6.07) is 6.30. The predicted molar refractivity (Wildman–Crippen MR) is 76.8 cm³/mol. The van der Waals surface area contributed by atoms with Gasteiger partial charge < -0.3 is 19.9 Å². The molecule has 108 valence electrons. The molecule has 0 heterocycles. The van der Waals surface area contributed by atoms with Crippen molar-refractivity contribution >= 4 is 0 Å². The number of hydrogen-bond donors (Lipinski definition) is 2. The molecule has 0 saturated carbocycles. The summed E-state index contributed by atoms with van der Waals surface area (Å²) in [4.78, 5) is 0. The lowest BCUT2D eigenvalue weighted by atomic mass is 10.1. The molecule has 4 nitrogen and oxygen atoms in total.